The number of aromatic nitrogens is 1. The minimum absolute atomic E-state index is 0.00554. The highest BCUT2D eigenvalue weighted by atomic mass is 32.2. The van der Waals surface area contributed by atoms with Crippen molar-refractivity contribution in [2.45, 2.75) is 18.4 Å². The van der Waals surface area contributed by atoms with Crippen LogP contribution in [0, 0.1) is 11.6 Å². The minimum atomic E-state index is -3.90. The van der Waals surface area contributed by atoms with Crippen LogP contribution in [-0.2, 0) is 10.0 Å². The third-order valence-corrected chi connectivity index (χ3v) is 9.62. The highest BCUT2D eigenvalue weighted by Crippen LogP contribution is 2.45. The van der Waals surface area contributed by atoms with Gasteiger partial charge < -0.3 is 24.6 Å². The van der Waals surface area contributed by atoms with Crippen LogP contribution >= 0.6 is 0 Å². The average molecular weight is 673 g/mol. The van der Waals surface area contributed by atoms with E-state index in [2.05, 4.69) is 10.3 Å². The summed E-state index contributed by atoms with van der Waals surface area (Å²) in [7, 11) is -0.946. The summed E-state index contributed by atoms with van der Waals surface area (Å²) in [6, 6.07) is 18.2. The Morgan fingerprint density at radius 2 is 1.73 bits per heavy atom. The molecular formula is C35H30F2N4O6S. The molecule has 1 saturated carbocycles. The minimum Gasteiger partial charge on any atom is -0.496 e. The molecule has 1 fully saturated rings. The summed E-state index contributed by atoms with van der Waals surface area (Å²) in [5.41, 5.74) is 8.45. The van der Waals surface area contributed by atoms with Crippen molar-refractivity contribution in [2.75, 3.05) is 31.3 Å². The number of fused-ring (bicyclic) bond motifs is 2. The third-order valence-electron chi connectivity index (χ3n) is 8.50. The van der Waals surface area contributed by atoms with Crippen molar-refractivity contribution >= 4 is 43.7 Å². The van der Waals surface area contributed by atoms with Crippen molar-refractivity contribution in [3.05, 3.63) is 90.0 Å². The number of methoxy groups -OCH3 is 1. The molecule has 3 N–H and O–H groups in total. The molecule has 7 rings (SSSR count). The van der Waals surface area contributed by atoms with Crippen LogP contribution < -0.4 is 20.1 Å². The molecule has 1 aliphatic rings. The van der Waals surface area contributed by atoms with Gasteiger partial charge in [-0.1, -0.05) is 12.1 Å². The van der Waals surface area contributed by atoms with Crippen LogP contribution in [0.3, 0.4) is 0 Å². The summed E-state index contributed by atoms with van der Waals surface area (Å²) in [5.74, 6) is -0.834. The molecule has 0 atom stereocenters. The lowest BCUT2D eigenvalue weighted by Gasteiger charge is -2.28. The highest BCUT2D eigenvalue weighted by molar-refractivity contribution is 7.92. The van der Waals surface area contributed by atoms with Gasteiger partial charge in [-0.25, -0.2) is 22.2 Å². The Kier molecular flexibility index (Phi) is 7.48. The van der Waals surface area contributed by atoms with E-state index in [4.69, 9.17) is 19.3 Å². The van der Waals surface area contributed by atoms with E-state index in [1.807, 2.05) is 0 Å². The SMILES string of the molecule is CNC(=O)c1c(-c2ccc(F)cc2)oc2cc(N(CC3(N)CC3)S(C)(=O)=O)c(-c3ccc(OC)c(-c4nc5c(F)cccc5o4)c3)cc12. The van der Waals surface area contributed by atoms with Crippen LogP contribution in [0.4, 0.5) is 14.5 Å². The number of amides is 1. The standard InChI is InChI=1S/C35H30F2N4O6S/c1-39-33(42)30-23-16-22(20-9-12-27(45-2)24(15-20)34-40-31-25(37)5-4-6-28(31)47-34)26(41(48(3,43)44)18-35(38)13-14-35)17-29(23)46-32(30)19-7-10-21(36)11-8-19/h4-12,15-17H,13-14,18,38H2,1-3H3,(H,39,42). The first-order valence-corrected chi connectivity index (χ1v) is 16.8. The first-order valence-electron chi connectivity index (χ1n) is 15.0. The van der Waals surface area contributed by atoms with Crippen LogP contribution in [0.25, 0.3) is 56.0 Å². The van der Waals surface area contributed by atoms with Gasteiger partial charge in [-0.3, -0.25) is 9.10 Å². The van der Waals surface area contributed by atoms with E-state index in [0.29, 0.717) is 46.2 Å². The molecule has 2 heterocycles. The van der Waals surface area contributed by atoms with Gasteiger partial charge in [0.15, 0.2) is 11.4 Å². The number of para-hydroxylation sites is 1. The molecule has 0 bridgehead atoms. The molecule has 0 aliphatic heterocycles. The lowest BCUT2D eigenvalue weighted by atomic mass is 9.96. The molecule has 13 heteroatoms. The highest BCUT2D eigenvalue weighted by Gasteiger charge is 2.42. The normalized spacial score (nSPS) is 14.0. The van der Waals surface area contributed by atoms with Gasteiger partial charge in [-0.15, -0.1) is 0 Å². The van der Waals surface area contributed by atoms with E-state index < -0.39 is 33.1 Å². The van der Waals surface area contributed by atoms with Gasteiger partial charge in [0, 0.05) is 35.2 Å². The van der Waals surface area contributed by atoms with Gasteiger partial charge in [-0.05, 0) is 73.0 Å². The van der Waals surface area contributed by atoms with Crippen molar-refractivity contribution in [1.29, 1.82) is 0 Å². The number of anilines is 1. The van der Waals surface area contributed by atoms with Crippen LogP contribution in [0.1, 0.15) is 23.2 Å². The summed E-state index contributed by atoms with van der Waals surface area (Å²) in [5, 5.41) is 3.03. The van der Waals surface area contributed by atoms with Gasteiger partial charge in [0.25, 0.3) is 5.91 Å². The van der Waals surface area contributed by atoms with Gasteiger partial charge in [0.05, 0.1) is 36.7 Å². The second-order valence-corrected chi connectivity index (χ2v) is 13.8. The number of hydrogen-bond donors (Lipinski definition) is 2. The number of hydrogen-bond acceptors (Lipinski definition) is 8. The first-order chi connectivity index (χ1) is 22.9. The summed E-state index contributed by atoms with van der Waals surface area (Å²) in [6.45, 7) is 0.00554. The smallest absolute Gasteiger partial charge is 0.255 e. The number of carbonyl (C=O) groups excluding carboxylic acids is 1. The zero-order valence-electron chi connectivity index (χ0n) is 26.1. The van der Waals surface area contributed by atoms with E-state index >= 15 is 0 Å². The van der Waals surface area contributed by atoms with Gasteiger partial charge >= 0.3 is 0 Å². The predicted molar refractivity (Wildman–Crippen MR) is 178 cm³/mol. The van der Waals surface area contributed by atoms with E-state index in [-0.39, 0.29) is 46.1 Å². The molecular weight excluding hydrogens is 642 g/mol. The Balaban J connectivity index is 1.51. The Hall–Kier alpha value is -5.27. The molecule has 246 valence electrons. The van der Waals surface area contributed by atoms with E-state index in [1.165, 1.54) is 54.9 Å². The van der Waals surface area contributed by atoms with Crippen molar-refractivity contribution in [1.82, 2.24) is 10.3 Å². The largest absolute Gasteiger partial charge is 0.496 e. The predicted octanol–water partition coefficient (Wildman–Crippen LogP) is 6.48. The lowest BCUT2D eigenvalue weighted by molar-refractivity contribution is 0.0964. The molecule has 0 radical (unpaired) electrons. The number of benzene rings is 4. The van der Waals surface area contributed by atoms with Gasteiger partial charge in [0.1, 0.15) is 28.4 Å². The molecule has 0 saturated heterocycles. The van der Waals surface area contributed by atoms with Gasteiger partial charge in [0.2, 0.25) is 15.9 Å². The van der Waals surface area contributed by atoms with E-state index in [9.17, 15) is 22.0 Å². The quantitative estimate of drug-likeness (QED) is 0.178. The summed E-state index contributed by atoms with van der Waals surface area (Å²) >= 11 is 0. The van der Waals surface area contributed by atoms with Crippen LogP contribution in [0.15, 0.2) is 81.6 Å². The van der Waals surface area contributed by atoms with Crippen LogP contribution in [0.2, 0.25) is 0 Å². The summed E-state index contributed by atoms with van der Waals surface area (Å²) < 4.78 is 74.3. The number of rotatable bonds is 9. The number of sulfonamides is 1. The molecule has 6 aromatic rings. The number of halogens is 2. The second kappa shape index (κ2) is 11.5. The molecule has 0 spiro atoms. The summed E-state index contributed by atoms with van der Waals surface area (Å²) in [4.78, 5) is 17.8. The fraction of sp³-hybridized carbons (Fsp3) is 0.200. The Morgan fingerprint density at radius 1 is 1.00 bits per heavy atom. The number of furan rings is 1. The number of nitrogens with one attached hydrogen (secondary N) is 1. The van der Waals surface area contributed by atoms with Crippen molar-refractivity contribution in [2.24, 2.45) is 5.73 Å². The molecule has 2 aromatic heterocycles. The number of ether oxygens (including phenoxy) is 1. The Bertz CT molecular complexity index is 2350. The fourth-order valence-electron chi connectivity index (χ4n) is 5.78. The molecule has 1 amide bonds. The second-order valence-electron chi connectivity index (χ2n) is 11.9. The Morgan fingerprint density at radius 3 is 2.38 bits per heavy atom. The molecule has 10 nitrogen and oxygen atoms in total. The maximum atomic E-state index is 14.6. The number of carbonyl (C=O) groups is 1. The number of nitrogens with zero attached hydrogens (tertiary/aromatic N) is 2. The maximum absolute atomic E-state index is 14.6. The zero-order valence-corrected chi connectivity index (χ0v) is 27.0. The van der Waals surface area contributed by atoms with Crippen molar-refractivity contribution < 1.29 is 35.6 Å². The first kappa shape index (κ1) is 31.3. The van der Waals surface area contributed by atoms with E-state index in [1.54, 1.807) is 36.4 Å². The number of nitrogens with two attached hydrogens (primary N) is 1. The average Bonchev–Trinajstić information content (AvgIpc) is 3.46. The molecule has 1 aliphatic carbocycles. The van der Waals surface area contributed by atoms with Crippen LogP contribution in [0.5, 0.6) is 5.75 Å². The lowest BCUT2D eigenvalue weighted by Crippen LogP contribution is -2.42. The fourth-order valence-corrected chi connectivity index (χ4v) is 6.78. The zero-order chi connectivity index (χ0) is 34.0. The topological polar surface area (TPSA) is 141 Å². The molecule has 0 unspecified atom stereocenters. The maximum Gasteiger partial charge on any atom is 0.255 e. The van der Waals surface area contributed by atoms with Crippen LogP contribution in [-0.4, -0.2) is 51.8 Å². The number of oxazole rings is 1. The monoisotopic (exact) mass is 672 g/mol. The van der Waals surface area contributed by atoms with E-state index in [0.717, 1.165) is 6.26 Å². The Labute approximate surface area is 274 Å². The molecule has 48 heavy (non-hydrogen) atoms. The summed E-state index contributed by atoms with van der Waals surface area (Å²) in [6.07, 6.45) is 2.39. The van der Waals surface area contributed by atoms with Crippen molar-refractivity contribution in [3.63, 3.8) is 0 Å². The van der Waals surface area contributed by atoms with Crippen molar-refractivity contribution in [3.8, 4) is 39.7 Å². The molecule has 4 aromatic carbocycles. The van der Waals surface area contributed by atoms with Gasteiger partial charge in [-0.2, -0.15) is 0 Å². The third kappa shape index (κ3) is 5.54.